The SMILES string of the molecule is CSCC(=O)N1CCC(C)C(N(C)c2ccnc3[nH]ccc23)C1. The Hall–Kier alpha value is -1.69. The molecule has 2 unspecified atom stereocenters. The number of amides is 1. The van der Waals surface area contributed by atoms with E-state index in [0.29, 0.717) is 17.7 Å². The van der Waals surface area contributed by atoms with Gasteiger partial charge in [0.05, 0.1) is 5.75 Å². The minimum absolute atomic E-state index is 0.254. The van der Waals surface area contributed by atoms with Crippen LogP contribution in [0.1, 0.15) is 13.3 Å². The zero-order valence-electron chi connectivity index (χ0n) is 14.0. The number of hydrogen-bond donors (Lipinski definition) is 1. The molecule has 0 radical (unpaired) electrons. The summed E-state index contributed by atoms with van der Waals surface area (Å²) in [6.07, 6.45) is 6.80. The first kappa shape index (κ1) is 16.2. The molecule has 0 spiro atoms. The number of anilines is 1. The molecule has 1 aliphatic heterocycles. The summed E-state index contributed by atoms with van der Waals surface area (Å²) in [6, 6.07) is 4.46. The zero-order valence-corrected chi connectivity index (χ0v) is 14.8. The average molecular weight is 332 g/mol. The van der Waals surface area contributed by atoms with Crippen LogP contribution >= 0.6 is 11.8 Å². The molecule has 0 aromatic carbocycles. The number of hydrogen-bond acceptors (Lipinski definition) is 4. The van der Waals surface area contributed by atoms with E-state index < -0.39 is 0 Å². The van der Waals surface area contributed by atoms with Crippen LogP contribution < -0.4 is 4.90 Å². The van der Waals surface area contributed by atoms with Gasteiger partial charge in [0, 0.05) is 49.6 Å². The van der Waals surface area contributed by atoms with Crippen LogP contribution in [0.5, 0.6) is 0 Å². The van der Waals surface area contributed by atoms with Crippen molar-refractivity contribution in [2.45, 2.75) is 19.4 Å². The minimum atomic E-state index is 0.254. The number of carbonyl (C=O) groups excluding carboxylic acids is 1. The molecule has 1 fully saturated rings. The van der Waals surface area contributed by atoms with Crippen LogP contribution in [-0.2, 0) is 4.79 Å². The highest BCUT2D eigenvalue weighted by atomic mass is 32.2. The number of aromatic amines is 1. The van der Waals surface area contributed by atoms with Crippen molar-refractivity contribution in [2.24, 2.45) is 5.92 Å². The smallest absolute Gasteiger partial charge is 0.232 e. The maximum Gasteiger partial charge on any atom is 0.232 e. The molecule has 0 bridgehead atoms. The molecule has 0 saturated carbocycles. The van der Waals surface area contributed by atoms with Crippen molar-refractivity contribution in [3.05, 3.63) is 24.5 Å². The Balaban J connectivity index is 1.83. The number of thioether (sulfide) groups is 1. The van der Waals surface area contributed by atoms with E-state index in [4.69, 9.17) is 0 Å². The van der Waals surface area contributed by atoms with E-state index >= 15 is 0 Å². The number of piperidine rings is 1. The van der Waals surface area contributed by atoms with E-state index in [-0.39, 0.29) is 5.91 Å². The number of nitrogens with one attached hydrogen (secondary N) is 1. The fourth-order valence-corrected chi connectivity index (χ4v) is 3.86. The number of carbonyl (C=O) groups is 1. The number of rotatable bonds is 4. The van der Waals surface area contributed by atoms with Crippen LogP contribution in [0.3, 0.4) is 0 Å². The maximum atomic E-state index is 12.3. The lowest BCUT2D eigenvalue weighted by Crippen LogP contribution is -2.53. The van der Waals surface area contributed by atoms with Crippen LogP contribution in [0.25, 0.3) is 11.0 Å². The van der Waals surface area contributed by atoms with Crippen LogP contribution in [0.4, 0.5) is 5.69 Å². The lowest BCUT2D eigenvalue weighted by Gasteiger charge is -2.42. The molecule has 3 rings (SSSR count). The van der Waals surface area contributed by atoms with E-state index in [1.54, 1.807) is 11.8 Å². The van der Waals surface area contributed by atoms with Crippen molar-refractivity contribution < 1.29 is 4.79 Å². The molecule has 5 nitrogen and oxygen atoms in total. The molecule has 1 amide bonds. The maximum absolute atomic E-state index is 12.3. The van der Waals surface area contributed by atoms with Crippen molar-refractivity contribution in [3.8, 4) is 0 Å². The molecule has 1 N–H and O–H groups in total. The van der Waals surface area contributed by atoms with Gasteiger partial charge in [-0.15, -0.1) is 0 Å². The van der Waals surface area contributed by atoms with Gasteiger partial charge in [0.15, 0.2) is 0 Å². The average Bonchev–Trinajstić information content (AvgIpc) is 3.03. The summed E-state index contributed by atoms with van der Waals surface area (Å²) in [7, 11) is 2.13. The van der Waals surface area contributed by atoms with Crippen molar-refractivity contribution in [1.29, 1.82) is 0 Å². The number of fused-ring (bicyclic) bond motifs is 1. The third-order valence-corrected chi connectivity index (χ3v) is 5.39. The van der Waals surface area contributed by atoms with Gasteiger partial charge in [0.25, 0.3) is 0 Å². The fraction of sp³-hybridized carbons (Fsp3) is 0.529. The first-order chi connectivity index (χ1) is 11.1. The largest absolute Gasteiger partial charge is 0.369 e. The minimum Gasteiger partial charge on any atom is -0.369 e. The molecule has 1 saturated heterocycles. The summed E-state index contributed by atoms with van der Waals surface area (Å²) in [6.45, 7) is 3.96. The topological polar surface area (TPSA) is 52.2 Å². The van der Waals surface area contributed by atoms with Gasteiger partial charge in [-0.3, -0.25) is 4.79 Å². The molecule has 6 heteroatoms. The van der Waals surface area contributed by atoms with Crippen molar-refractivity contribution in [3.63, 3.8) is 0 Å². The molecule has 2 atom stereocenters. The number of nitrogens with zero attached hydrogens (tertiary/aromatic N) is 3. The fourth-order valence-electron chi connectivity index (χ4n) is 3.43. The molecule has 23 heavy (non-hydrogen) atoms. The van der Waals surface area contributed by atoms with Gasteiger partial charge < -0.3 is 14.8 Å². The van der Waals surface area contributed by atoms with E-state index in [1.165, 1.54) is 5.69 Å². The molecular formula is C17H24N4OS. The standard InChI is InChI=1S/C17H24N4OS/c1-12-6-9-21(16(22)11-23-3)10-15(12)20(2)14-5-8-19-17-13(14)4-7-18-17/h4-5,7-8,12,15H,6,9-11H2,1-3H3,(H,18,19). The van der Waals surface area contributed by atoms with Crippen molar-refractivity contribution in [2.75, 3.05) is 37.0 Å². The van der Waals surface area contributed by atoms with Gasteiger partial charge in [-0.25, -0.2) is 4.98 Å². The van der Waals surface area contributed by atoms with Crippen LogP contribution in [-0.4, -0.2) is 59.0 Å². The summed E-state index contributed by atoms with van der Waals surface area (Å²) in [4.78, 5) is 24.1. The first-order valence-electron chi connectivity index (χ1n) is 8.03. The Morgan fingerprint density at radius 2 is 2.35 bits per heavy atom. The molecule has 1 aliphatic rings. The molecule has 2 aromatic rings. The number of likely N-dealkylation sites (tertiary alicyclic amines) is 1. The Kier molecular flexibility index (Phi) is 4.80. The van der Waals surface area contributed by atoms with Gasteiger partial charge in [0.2, 0.25) is 5.91 Å². The number of likely N-dealkylation sites (N-methyl/N-ethyl adjacent to an activating group) is 1. The lowest BCUT2D eigenvalue weighted by molar-refractivity contribution is -0.130. The van der Waals surface area contributed by atoms with Crippen molar-refractivity contribution >= 4 is 34.4 Å². The Bertz CT molecular complexity index is 686. The second kappa shape index (κ2) is 6.83. The van der Waals surface area contributed by atoms with Gasteiger partial charge >= 0.3 is 0 Å². The van der Waals surface area contributed by atoms with Gasteiger partial charge in [-0.1, -0.05) is 6.92 Å². The first-order valence-corrected chi connectivity index (χ1v) is 9.43. The summed E-state index contributed by atoms with van der Waals surface area (Å²) in [5.41, 5.74) is 2.08. The molecule has 0 aliphatic carbocycles. The highest BCUT2D eigenvalue weighted by Crippen LogP contribution is 2.30. The molecule has 3 heterocycles. The Labute approximate surface area is 141 Å². The molecule has 2 aromatic heterocycles. The third kappa shape index (κ3) is 3.17. The highest BCUT2D eigenvalue weighted by molar-refractivity contribution is 7.99. The Morgan fingerprint density at radius 1 is 1.52 bits per heavy atom. The van der Waals surface area contributed by atoms with Gasteiger partial charge in [-0.05, 0) is 30.7 Å². The normalized spacial score (nSPS) is 21.6. The summed E-state index contributed by atoms with van der Waals surface area (Å²) in [5.74, 6) is 1.38. The second-order valence-corrected chi connectivity index (χ2v) is 7.15. The summed E-state index contributed by atoms with van der Waals surface area (Å²) in [5, 5.41) is 1.13. The quantitative estimate of drug-likeness (QED) is 0.935. The van der Waals surface area contributed by atoms with Crippen molar-refractivity contribution in [1.82, 2.24) is 14.9 Å². The molecule has 124 valence electrons. The molecular weight excluding hydrogens is 308 g/mol. The summed E-state index contributed by atoms with van der Waals surface area (Å²) < 4.78 is 0. The zero-order chi connectivity index (χ0) is 16.4. The van der Waals surface area contributed by atoms with E-state index in [2.05, 4.69) is 41.0 Å². The second-order valence-electron chi connectivity index (χ2n) is 6.29. The van der Waals surface area contributed by atoms with Gasteiger partial charge in [-0.2, -0.15) is 11.8 Å². The monoisotopic (exact) mass is 332 g/mol. The highest BCUT2D eigenvalue weighted by Gasteiger charge is 2.31. The number of pyridine rings is 1. The van der Waals surface area contributed by atoms with E-state index in [1.807, 2.05) is 23.5 Å². The van der Waals surface area contributed by atoms with E-state index in [0.717, 1.165) is 30.5 Å². The van der Waals surface area contributed by atoms with Crippen LogP contribution in [0.15, 0.2) is 24.5 Å². The summed E-state index contributed by atoms with van der Waals surface area (Å²) >= 11 is 1.60. The van der Waals surface area contributed by atoms with Gasteiger partial charge in [0.1, 0.15) is 5.65 Å². The lowest BCUT2D eigenvalue weighted by atomic mass is 9.92. The predicted molar refractivity (Wildman–Crippen MR) is 97.0 cm³/mol. The van der Waals surface area contributed by atoms with E-state index in [9.17, 15) is 4.79 Å². The number of H-pyrrole nitrogens is 1. The third-order valence-electron chi connectivity index (χ3n) is 4.85. The number of aromatic nitrogens is 2. The van der Waals surface area contributed by atoms with Crippen LogP contribution in [0.2, 0.25) is 0 Å². The Morgan fingerprint density at radius 3 is 3.13 bits per heavy atom. The van der Waals surface area contributed by atoms with Crippen LogP contribution in [0, 0.1) is 5.92 Å². The predicted octanol–water partition coefficient (Wildman–Crippen LogP) is 2.60.